The third-order valence-electron chi connectivity index (χ3n) is 3.41. The average molecular weight is 251 g/mol. The first-order valence-corrected chi connectivity index (χ1v) is 6.12. The number of oxime groups is 1. The summed E-state index contributed by atoms with van der Waals surface area (Å²) in [4.78, 5) is 0. The Balaban J connectivity index is 2.08. The molecule has 1 aromatic carbocycles. The number of nitrogens with zero attached hydrogens (tertiary/aromatic N) is 1. The molecule has 1 aromatic rings. The van der Waals surface area contributed by atoms with E-state index in [0.29, 0.717) is 18.2 Å². The van der Waals surface area contributed by atoms with Crippen molar-refractivity contribution in [3.63, 3.8) is 0 Å². The van der Waals surface area contributed by atoms with Gasteiger partial charge in [-0.2, -0.15) is 0 Å². The van der Waals surface area contributed by atoms with Gasteiger partial charge in [-0.3, -0.25) is 0 Å². The van der Waals surface area contributed by atoms with E-state index in [-0.39, 0.29) is 11.4 Å². The molecule has 0 bridgehead atoms. The summed E-state index contributed by atoms with van der Waals surface area (Å²) in [6, 6.07) is 5.31. The summed E-state index contributed by atoms with van der Waals surface area (Å²) in [5.41, 5.74) is 6.09. The maximum absolute atomic E-state index is 14.1. The lowest BCUT2D eigenvalue weighted by Gasteiger charge is -2.14. The van der Waals surface area contributed by atoms with Crippen LogP contribution in [0.15, 0.2) is 23.4 Å². The van der Waals surface area contributed by atoms with E-state index in [1.807, 2.05) is 0 Å². The monoisotopic (exact) mass is 251 g/mol. The molecule has 2 rings (SSSR count). The number of benzene rings is 1. The highest BCUT2D eigenvalue weighted by Gasteiger charge is 2.27. The Hall–Kier alpha value is -1.62. The maximum atomic E-state index is 14.1. The van der Waals surface area contributed by atoms with Crippen molar-refractivity contribution in [3.05, 3.63) is 35.1 Å². The molecule has 1 aliphatic rings. The first-order chi connectivity index (χ1) is 8.63. The van der Waals surface area contributed by atoms with Crippen molar-refractivity contribution in [2.75, 3.05) is 0 Å². The predicted molar refractivity (Wildman–Crippen MR) is 67.9 cm³/mol. The van der Waals surface area contributed by atoms with Crippen LogP contribution in [0.3, 0.4) is 0 Å². The molecule has 0 amide bonds. The lowest BCUT2D eigenvalue weighted by atomic mass is 10.1. The molecule has 0 saturated heterocycles. The van der Waals surface area contributed by atoms with Crippen molar-refractivity contribution >= 4 is 5.84 Å². The smallest absolute Gasteiger partial charge is 0.173 e. The minimum absolute atomic E-state index is 0.135. The van der Waals surface area contributed by atoms with Gasteiger partial charge in [0.25, 0.3) is 0 Å². The summed E-state index contributed by atoms with van der Waals surface area (Å²) in [7, 11) is 0. The van der Waals surface area contributed by atoms with Gasteiger partial charge in [-0.05, 0) is 31.7 Å². The van der Waals surface area contributed by atoms with Crippen LogP contribution in [0.25, 0.3) is 0 Å². The van der Waals surface area contributed by atoms with E-state index in [2.05, 4.69) is 17.4 Å². The molecule has 0 spiro atoms. The van der Waals surface area contributed by atoms with Crippen LogP contribution in [0, 0.1) is 11.7 Å². The fourth-order valence-electron chi connectivity index (χ4n) is 2.00. The van der Waals surface area contributed by atoms with Crippen LogP contribution in [-0.2, 0) is 6.54 Å². The molecule has 0 aliphatic heterocycles. The van der Waals surface area contributed by atoms with Crippen molar-refractivity contribution in [1.29, 1.82) is 0 Å². The van der Waals surface area contributed by atoms with Crippen LogP contribution in [0.4, 0.5) is 4.39 Å². The minimum atomic E-state index is -0.428. The zero-order valence-corrected chi connectivity index (χ0v) is 10.4. The molecule has 0 heterocycles. The van der Waals surface area contributed by atoms with Gasteiger partial charge in [-0.1, -0.05) is 17.3 Å². The van der Waals surface area contributed by atoms with Gasteiger partial charge in [-0.15, -0.1) is 0 Å². The van der Waals surface area contributed by atoms with Crippen molar-refractivity contribution < 1.29 is 9.60 Å². The molecule has 18 heavy (non-hydrogen) atoms. The molecule has 4 nitrogen and oxygen atoms in total. The Bertz CT molecular complexity index is 458. The minimum Gasteiger partial charge on any atom is -0.409 e. The Kier molecular flexibility index (Phi) is 3.81. The molecule has 1 atom stereocenters. The fraction of sp³-hybridized carbons (Fsp3) is 0.462. The SMILES string of the molecule is CC(NCc1cccc(/C(N)=N/O)c1F)C1CC1. The lowest BCUT2D eigenvalue weighted by molar-refractivity contribution is 0.318. The number of nitrogens with two attached hydrogens (primary N) is 1. The number of rotatable bonds is 5. The number of hydrogen-bond donors (Lipinski definition) is 3. The number of amidine groups is 1. The maximum Gasteiger partial charge on any atom is 0.173 e. The standard InChI is InChI=1S/C13H18FN3O/c1-8(9-5-6-9)16-7-10-3-2-4-11(12(10)14)13(15)17-18/h2-4,8-9,16,18H,5-7H2,1H3,(H2,15,17). The van der Waals surface area contributed by atoms with Crippen LogP contribution < -0.4 is 11.1 Å². The van der Waals surface area contributed by atoms with E-state index in [1.54, 1.807) is 12.1 Å². The van der Waals surface area contributed by atoms with Gasteiger partial charge in [0, 0.05) is 18.2 Å². The average Bonchev–Trinajstić information content (AvgIpc) is 3.20. The fourth-order valence-corrected chi connectivity index (χ4v) is 2.00. The highest BCUT2D eigenvalue weighted by Crippen LogP contribution is 2.32. The lowest BCUT2D eigenvalue weighted by Crippen LogP contribution is -2.28. The molecule has 0 aromatic heterocycles. The Labute approximate surface area is 106 Å². The molecule has 4 N–H and O–H groups in total. The molecule has 5 heteroatoms. The summed E-state index contributed by atoms with van der Waals surface area (Å²) in [6.07, 6.45) is 2.50. The summed E-state index contributed by atoms with van der Waals surface area (Å²) in [5.74, 6) is 0.0909. The Morgan fingerprint density at radius 2 is 2.33 bits per heavy atom. The summed E-state index contributed by atoms with van der Waals surface area (Å²) in [6.45, 7) is 2.57. The van der Waals surface area contributed by atoms with E-state index in [0.717, 1.165) is 5.92 Å². The highest BCUT2D eigenvalue weighted by atomic mass is 19.1. The second-order valence-electron chi connectivity index (χ2n) is 4.77. The van der Waals surface area contributed by atoms with Gasteiger partial charge in [0.05, 0.1) is 5.56 Å². The van der Waals surface area contributed by atoms with E-state index < -0.39 is 5.82 Å². The highest BCUT2D eigenvalue weighted by molar-refractivity contribution is 5.97. The van der Waals surface area contributed by atoms with Gasteiger partial charge in [0.1, 0.15) is 5.82 Å². The van der Waals surface area contributed by atoms with Crippen LogP contribution in [0.1, 0.15) is 30.9 Å². The van der Waals surface area contributed by atoms with Crippen molar-refractivity contribution in [2.24, 2.45) is 16.8 Å². The van der Waals surface area contributed by atoms with E-state index in [9.17, 15) is 4.39 Å². The van der Waals surface area contributed by atoms with E-state index >= 15 is 0 Å². The summed E-state index contributed by atoms with van der Waals surface area (Å²) >= 11 is 0. The molecular formula is C13H18FN3O. The van der Waals surface area contributed by atoms with Crippen molar-refractivity contribution in [1.82, 2.24) is 5.32 Å². The normalized spacial score (nSPS) is 17.8. The zero-order valence-electron chi connectivity index (χ0n) is 10.4. The van der Waals surface area contributed by atoms with E-state index in [4.69, 9.17) is 10.9 Å². The molecule has 1 unspecified atom stereocenters. The first kappa shape index (κ1) is 12.8. The van der Waals surface area contributed by atoms with Crippen molar-refractivity contribution in [3.8, 4) is 0 Å². The second-order valence-corrected chi connectivity index (χ2v) is 4.77. The first-order valence-electron chi connectivity index (χ1n) is 6.12. The zero-order chi connectivity index (χ0) is 13.1. The molecule has 1 saturated carbocycles. The van der Waals surface area contributed by atoms with Gasteiger partial charge in [0.2, 0.25) is 0 Å². The molecule has 0 radical (unpaired) electrons. The third-order valence-corrected chi connectivity index (χ3v) is 3.41. The number of hydrogen-bond acceptors (Lipinski definition) is 3. The van der Waals surface area contributed by atoms with Crippen LogP contribution in [-0.4, -0.2) is 17.1 Å². The van der Waals surface area contributed by atoms with Crippen molar-refractivity contribution in [2.45, 2.75) is 32.4 Å². The largest absolute Gasteiger partial charge is 0.409 e. The van der Waals surface area contributed by atoms with Gasteiger partial charge >= 0.3 is 0 Å². The van der Waals surface area contributed by atoms with E-state index in [1.165, 1.54) is 18.9 Å². The number of nitrogens with one attached hydrogen (secondary N) is 1. The Morgan fingerprint density at radius 3 is 2.94 bits per heavy atom. The van der Waals surface area contributed by atoms with Crippen LogP contribution in [0.2, 0.25) is 0 Å². The van der Waals surface area contributed by atoms with Gasteiger partial charge < -0.3 is 16.3 Å². The Morgan fingerprint density at radius 1 is 1.61 bits per heavy atom. The second kappa shape index (κ2) is 5.35. The molecule has 98 valence electrons. The van der Waals surface area contributed by atoms with Gasteiger partial charge in [0.15, 0.2) is 5.84 Å². The molecule has 1 fully saturated rings. The molecule has 1 aliphatic carbocycles. The third kappa shape index (κ3) is 2.79. The quantitative estimate of drug-likeness (QED) is 0.323. The number of halogens is 1. The van der Waals surface area contributed by atoms with Gasteiger partial charge in [-0.25, -0.2) is 4.39 Å². The summed E-state index contributed by atoms with van der Waals surface area (Å²) < 4.78 is 14.1. The van der Waals surface area contributed by atoms with Crippen LogP contribution >= 0.6 is 0 Å². The summed E-state index contributed by atoms with van der Waals surface area (Å²) in [5, 5.41) is 14.7. The topological polar surface area (TPSA) is 70.6 Å². The molecular weight excluding hydrogens is 233 g/mol. The predicted octanol–water partition coefficient (Wildman–Crippen LogP) is 1.81. The van der Waals surface area contributed by atoms with Crippen LogP contribution in [0.5, 0.6) is 0 Å².